The van der Waals surface area contributed by atoms with E-state index in [0.717, 1.165) is 18.2 Å². The number of carbonyl (C=O) groups excluding carboxylic acids is 5. The van der Waals surface area contributed by atoms with Gasteiger partial charge in [0.15, 0.2) is 30.4 Å². The quantitative estimate of drug-likeness (QED) is 0.695. The minimum atomic E-state index is -0.802. The number of carbonyl (C=O) groups is 5. The Kier molecular flexibility index (Phi) is 3.34. The Hall–Kier alpha value is -3.61. The van der Waals surface area contributed by atoms with Crippen LogP contribution in [-0.2, 0) is 0 Å². The molecule has 2 aromatic rings. The van der Waals surface area contributed by atoms with Crippen molar-refractivity contribution in [2.75, 3.05) is 0 Å². The van der Waals surface area contributed by atoms with Crippen LogP contribution in [0.15, 0.2) is 18.2 Å². The zero-order chi connectivity index (χ0) is 17.6. The second kappa shape index (κ2) is 5.24. The first-order chi connectivity index (χ1) is 11.5. The van der Waals surface area contributed by atoms with E-state index in [1.807, 2.05) is 0 Å². The number of fused-ring (bicyclic) bond motifs is 2. The molecule has 2 aromatic carbocycles. The molecule has 0 saturated heterocycles. The summed E-state index contributed by atoms with van der Waals surface area (Å²) in [6.07, 6.45) is 0.656. The molecule has 3 rings (SSSR count). The topological polar surface area (TPSA) is 126 Å². The van der Waals surface area contributed by atoms with Crippen molar-refractivity contribution in [3.05, 3.63) is 57.1 Å². The second-order valence-electron chi connectivity index (χ2n) is 5.08. The van der Waals surface area contributed by atoms with Crippen LogP contribution >= 0.6 is 0 Å². The van der Waals surface area contributed by atoms with Crippen LogP contribution in [0.5, 0.6) is 11.5 Å². The van der Waals surface area contributed by atoms with E-state index < -0.39 is 28.6 Å². The fraction of sp³-hybridized carbons (Fsp3) is 0. The van der Waals surface area contributed by atoms with Crippen molar-refractivity contribution in [2.45, 2.75) is 0 Å². The van der Waals surface area contributed by atoms with Crippen LogP contribution in [0.2, 0.25) is 0 Å². The predicted octanol–water partition coefficient (Wildman–Crippen LogP) is 1.31. The van der Waals surface area contributed by atoms with Crippen LogP contribution in [0.4, 0.5) is 0 Å². The summed E-state index contributed by atoms with van der Waals surface area (Å²) in [5, 5.41) is 19.6. The van der Waals surface area contributed by atoms with Gasteiger partial charge in [-0.05, 0) is 18.2 Å². The first-order valence-corrected chi connectivity index (χ1v) is 6.67. The lowest BCUT2D eigenvalue weighted by atomic mass is 9.79. The van der Waals surface area contributed by atoms with Crippen molar-refractivity contribution in [3.63, 3.8) is 0 Å². The summed E-state index contributed by atoms with van der Waals surface area (Å²) in [6, 6.07) is 3.21. The third kappa shape index (κ3) is 1.81. The van der Waals surface area contributed by atoms with E-state index in [0.29, 0.717) is 0 Å². The molecule has 1 aliphatic carbocycles. The van der Waals surface area contributed by atoms with Gasteiger partial charge in [0.2, 0.25) is 0 Å². The number of ketones is 2. The summed E-state index contributed by atoms with van der Waals surface area (Å²) in [6.45, 7) is 0. The maximum Gasteiger partial charge on any atom is 0.195 e. The van der Waals surface area contributed by atoms with Crippen LogP contribution in [0.3, 0.4) is 0 Å². The van der Waals surface area contributed by atoms with Gasteiger partial charge in [0.25, 0.3) is 0 Å². The molecule has 0 fully saturated rings. The van der Waals surface area contributed by atoms with E-state index in [9.17, 15) is 34.2 Å². The Morgan fingerprint density at radius 2 is 1.33 bits per heavy atom. The van der Waals surface area contributed by atoms with Crippen LogP contribution in [0.1, 0.15) is 62.9 Å². The normalized spacial score (nSPS) is 12.3. The number of rotatable bonds is 3. The molecule has 0 heterocycles. The van der Waals surface area contributed by atoms with Crippen molar-refractivity contribution in [3.8, 4) is 11.5 Å². The van der Waals surface area contributed by atoms with E-state index >= 15 is 0 Å². The first-order valence-electron chi connectivity index (χ1n) is 6.67. The number of hydrogen-bond acceptors (Lipinski definition) is 7. The Morgan fingerprint density at radius 3 is 1.92 bits per heavy atom. The van der Waals surface area contributed by atoms with Crippen molar-refractivity contribution >= 4 is 30.4 Å². The van der Waals surface area contributed by atoms with E-state index in [4.69, 9.17) is 0 Å². The summed E-state index contributed by atoms with van der Waals surface area (Å²) in [7, 11) is 0. The van der Waals surface area contributed by atoms with Gasteiger partial charge in [0, 0.05) is 22.3 Å². The van der Waals surface area contributed by atoms with Crippen LogP contribution in [0.25, 0.3) is 0 Å². The fourth-order valence-corrected chi connectivity index (χ4v) is 2.77. The molecule has 2 N–H and O–H groups in total. The van der Waals surface area contributed by atoms with Crippen molar-refractivity contribution in [2.24, 2.45) is 0 Å². The van der Waals surface area contributed by atoms with Gasteiger partial charge < -0.3 is 10.2 Å². The molecule has 0 radical (unpaired) electrons. The minimum Gasteiger partial charge on any atom is -0.507 e. The van der Waals surface area contributed by atoms with Crippen molar-refractivity contribution in [1.82, 2.24) is 0 Å². The summed E-state index contributed by atoms with van der Waals surface area (Å²) < 4.78 is 0. The Labute approximate surface area is 134 Å². The average Bonchev–Trinajstić information content (AvgIpc) is 2.58. The highest BCUT2D eigenvalue weighted by Gasteiger charge is 2.36. The van der Waals surface area contributed by atoms with E-state index in [1.54, 1.807) is 0 Å². The first kappa shape index (κ1) is 15.3. The molecule has 7 heteroatoms. The van der Waals surface area contributed by atoms with Gasteiger partial charge in [-0.3, -0.25) is 24.0 Å². The third-order valence-corrected chi connectivity index (χ3v) is 3.90. The predicted molar refractivity (Wildman–Crippen MR) is 79.2 cm³/mol. The summed E-state index contributed by atoms with van der Waals surface area (Å²) in [5.74, 6) is -2.74. The lowest BCUT2D eigenvalue weighted by Crippen LogP contribution is -2.24. The van der Waals surface area contributed by atoms with Crippen LogP contribution in [0, 0.1) is 0 Å². The number of aromatic hydroxyl groups is 2. The van der Waals surface area contributed by atoms with Crippen LogP contribution in [-0.4, -0.2) is 40.6 Å². The fourth-order valence-electron chi connectivity index (χ4n) is 2.77. The van der Waals surface area contributed by atoms with Crippen LogP contribution < -0.4 is 0 Å². The van der Waals surface area contributed by atoms with Gasteiger partial charge in [-0.2, -0.15) is 0 Å². The highest BCUT2D eigenvalue weighted by molar-refractivity contribution is 6.32. The lowest BCUT2D eigenvalue weighted by molar-refractivity contribution is 0.0971. The molecule has 118 valence electrons. The second-order valence-corrected chi connectivity index (χ2v) is 5.08. The maximum atomic E-state index is 12.7. The summed E-state index contributed by atoms with van der Waals surface area (Å²) >= 11 is 0. The Morgan fingerprint density at radius 1 is 0.750 bits per heavy atom. The number of hydrogen-bond donors (Lipinski definition) is 2. The van der Waals surface area contributed by atoms with E-state index in [1.165, 1.54) is 0 Å². The molecule has 0 unspecified atom stereocenters. The molecule has 1 aliphatic rings. The Balaban J connectivity index is 2.46. The zero-order valence-corrected chi connectivity index (χ0v) is 11.9. The molecule has 7 nitrogen and oxygen atoms in total. The largest absolute Gasteiger partial charge is 0.507 e. The van der Waals surface area contributed by atoms with Gasteiger partial charge in [0.05, 0.1) is 16.7 Å². The molecule has 24 heavy (non-hydrogen) atoms. The third-order valence-electron chi connectivity index (χ3n) is 3.90. The molecule has 0 aromatic heterocycles. The average molecular weight is 324 g/mol. The monoisotopic (exact) mass is 324 g/mol. The molecule has 0 bridgehead atoms. The molecule has 0 amide bonds. The number of phenols is 2. The maximum absolute atomic E-state index is 12.7. The highest BCUT2D eigenvalue weighted by Crippen LogP contribution is 2.37. The van der Waals surface area contributed by atoms with E-state index in [2.05, 4.69) is 0 Å². The van der Waals surface area contributed by atoms with Crippen molar-refractivity contribution < 1.29 is 34.2 Å². The number of phenolic OH excluding ortho intramolecular Hbond substituents is 2. The summed E-state index contributed by atoms with van der Waals surface area (Å²) in [5.41, 5.74) is -2.27. The zero-order valence-electron chi connectivity index (χ0n) is 11.9. The summed E-state index contributed by atoms with van der Waals surface area (Å²) in [4.78, 5) is 58.8. The minimum absolute atomic E-state index is 0.172. The smallest absolute Gasteiger partial charge is 0.195 e. The number of aldehydes is 3. The molecular formula is C17H8O7. The Bertz CT molecular complexity index is 970. The molecule has 0 spiro atoms. The van der Waals surface area contributed by atoms with E-state index in [-0.39, 0.29) is 52.2 Å². The van der Waals surface area contributed by atoms with Crippen molar-refractivity contribution in [1.29, 1.82) is 0 Å². The molecule has 0 atom stereocenters. The van der Waals surface area contributed by atoms with Gasteiger partial charge >= 0.3 is 0 Å². The highest BCUT2D eigenvalue weighted by atomic mass is 16.3. The molecular weight excluding hydrogens is 316 g/mol. The molecule has 0 aliphatic heterocycles. The number of benzene rings is 2. The van der Waals surface area contributed by atoms with Gasteiger partial charge in [0.1, 0.15) is 11.5 Å². The van der Waals surface area contributed by atoms with Gasteiger partial charge in [-0.15, -0.1) is 0 Å². The molecule has 0 saturated carbocycles. The standard InChI is InChI=1S/C17H8O7/c18-4-7-3-9-14(11(6-20)15(7)22)16(23)8-1-2-12(21)10(5-19)13(8)17(9)24/h1-6,21-22H. The lowest BCUT2D eigenvalue weighted by Gasteiger charge is -2.21. The van der Waals surface area contributed by atoms with Gasteiger partial charge in [-0.25, -0.2) is 0 Å². The SMILES string of the molecule is O=Cc1cc2c(c(C=O)c1O)C(=O)c1ccc(O)c(C=O)c1C2=O. The van der Waals surface area contributed by atoms with Gasteiger partial charge in [-0.1, -0.05) is 0 Å².